The van der Waals surface area contributed by atoms with Gasteiger partial charge in [0.2, 0.25) is 5.91 Å². The Morgan fingerprint density at radius 2 is 1.91 bits per heavy atom. The van der Waals surface area contributed by atoms with Gasteiger partial charge >= 0.3 is 0 Å². The molecule has 0 fully saturated rings. The van der Waals surface area contributed by atoms with Gasteiger partial charge in [0.1, 0.15) is 0 Å². The lowest BCUT2D eigenvalue weighted by Gasteiger charge is -2.26. The molecule has 0 spiro atoms. The Balaban J connectivity index is 4.32. The monoisotopic (exact) mass is 175 g/mol. The first-order valence-electron chi connectivity index (χ1n) is 4.03. The summed E-state index contributed by atoms with van der Waals surface area (Å²) in [6, 6.07) is 0. The summed E-state index contributed by atoms with van der Waals surface area (Å²) < 4.78 is 0. The molecule has 0 aromatic carbocycles. The van der Waals surface area contributed by atoms with Gasteiger partial charge in [-0.15, -0.1) is 0 Å². The highest BCUT2D eigenvalue weighted by Crippen LogP contribution is 2.30. The van der Waals surface area contributed by atoms with Gasteiger partial charge in [0.15, 0.2) is 0 Å². The van der Waals surface area contributed by atoms with Crippen LogP contribution in [0.15, 0.2) is 0 Å². The lowest BCUT2D eigenvalue weighted by Crippen LogP contribution is -2.36. The van der Waals surface area contributed by atoms with Crippen LogP contribution >= 0.6 is 12.6 Å². The predicted octanol–water partition coefficient (Wildman–Crippen LogP) is 1.60. The third-order valence-electron chi connectivity index (χ3n) is 2.47. The van der Waals surface area contributed by atoms with E-state index in [4.69, 9.17) is 5.73 Å². The van der Waals surface area contributed by atoms with Crippen LogP contribution in [0.3, 0.4) is 0 Å². The van der Waals surface area contributed by atoms with Crippen LogP contribution in [0.5, 0.6) is 0 Å². The van der Waals surface area contributed by atoms with E-state index in [2.05, 4.69) is 12.6 Å². The topological polar surface area (TPSA) is 43.1 Å². The number of nitrogens with two attached hydrogens (primary N) is 1. The number of primary amides is 1. The van der Waals surface area contributed by atoms with Gasteiger partial charge in [-0.1, -0.05) is 13.8 Å². The lowest BCUT2D eigenvalue weighted by atomic mass is 9.79. The summed E-state index contributed by atoms with van der Waals surface area (Å²) in [5, 5.41) is 0. The van der Waals surface area contributed by atoms with Crippen LogP contribution in [0.25, 0.3) is 0 Å². The molecule has 0 aliphatic heterocycles. The normalized spacial score (nSPS) is 11.5. The number of hydrogen-bond acceptors (Lipinski definition) is 2. The van der Waals surface area contributed by atoms with Gasteiger partial charge in [0.25, 0.3) is 0 Å². The van der Waals surface area contributed by atoms with Crippen molar-refractivity contribution in [2.75, 3.05) is 5.75 Å². The summed E-state index contributed by atoms with van der Waals surface area (Å²) >= 11 is 4.11. The fourth-order valence-electron chi connectivity index (χ4n) is 1.29. The summed E-state index contributed by atoms with van der Waals surface area (Å²) in [6.45, 7) is 4.00. The number of amides is 1. The van der Waals surface area contributed by atoms with E-state index in [0.717, 1.165) is 25.0 Å². The van der Waals surface area contributed by atoms with Crippen molar-refractivity contribution in [2.24, 2.45) is 11.1 Å². The number of rotatable bonds is 5. The number of thiol groups is 1. The van der Waals surface area contributed by atoms with Crippen LogP contribution < -0.4 is 5.73 Å². The minimum absolute atomic E-state index is 0.184. The molecule has 0 bridgehead atoms. The zero-order chi connectivity index (χ0) is 8.91. The Hall–Kier alpha value is -0.180. The number of carbonyl (C=O) groups is 1. The van der Waals surface area contributed by atoms with Crippen LogP contribution in [0.1, 0.15) is 33.1 Å². The first-order chi connectivity index (χ1) is 5.13. The average Bonchev–Trinajstić information content (AvgIpc) is 2.00. The summed E-state index contributed by atoms with van der Waals surface area (Å²) in [7, 11) is 0. The van der Waals surface area contributed by atoms with E-state index >= 15 is 0 Å². The highest BCUT2D eigenvalue weighted by atomic mass is 32.1. The largest absolute Gasteiger partial charge is 0.369 e. The van der Waals surface area contributed by atoms with Crippen molar-refractivity contribution < 1.29 is 4.79 Å². The molecule has 0 rings (SSSR count). The molecule has 0 heterocycles. The summed E-state index contributed by atoms with van der Waals surface area (Å²) in [6.07, 6.45) is 2.43. The molecule has 0 radical (unpaired) electrons. The van der Waals surface area contributed by atoms with Crippen molar-refractivity contribution in [3.8, 4) is 0 Å². The molecular weight excluding hydrogens is 158 g/mol. The Labute approximate surface area is 74.0 Å². The average molecular weight is 175 g/mol. The molecule has 3 heteroatoms. The zero-order valence-electron chi connectivity index (χ0n) is 7.26. The molecule has 66 valence electrons. The van der Waals surface area contributed by atoms with E-state index in [9.17, 15) is 4.79 Å². The van der Waals surface area contributed by atoms with Crippen molar-refractivity contribution in [3.63, 3.8) is 0 Å². The fourth-order valence-corrected chi connectivity index (χ4v) is 1.72. The van der Waals surface area contributed by atoms with Gasteiger partial charge in [-0.25, -0.2) is 0 Å². The molecule has 0 unspecified atom stereocenters. The molecule has 0 aliphatic rings. The minimum atomic E-state index is -0.304. The molecule has 0 aliphatic carbocycles. The van der Waals surface area contributed by atoms with Gasteiger partial charge in [-0.3, -0.25) is 4.79 Å². The second-order valence-corrected chi connectivity index (χ2v) is 3.27. The van der Waals surface area contributed by atoms with Gasteiger partial charge < -0.3 is 5.73 Å². The van der Waals surface area contributed by atoms with E-state index in [1.807, 2.05) is 13.8 Å². The van der Waals surface area contributed by atoms with Gasteiger partial charge in [-0.05, 0) is 25.0 Å². The first kappa shape index (κ1) is 10.8. The van der Waals surface area contributed by atoms with Crippen LogP contribution in [-0.4, -0.2) is 11.7 Å². The Kier molecular flexibility index (Phi) is 4.57. The molecular formula is C8H17NOS. The van der Waals surface area contributed by atoms with E-state index in [-0.39, 0.29) is 11.3 Å². The third kappa shape index (κ3) is 2.40. The van der Waals surface area contributed by atoms with Crippen LogP contribution in [0.2, 0.25) is 0 Å². The van der Waals surface area contributed by atoms with Crippen molar-refractivity contribution >= 4 is 18.5 Å². The Morgan fingerprint density at radius 3 is 2.00 bits per heavy atom. The lowest BCUT2D eigenvalue weighted by molar-refractivity contribution is -0.128. The molecule has 11 heavy (non-hydrogen) atoms. The van der Waals surface area contributed by atoms with Crippen LogP contribution in [0.4, 0.5) is 0 Å². The molecule has 2 N–H and O–H groups in total. The van der Waals surface area contributed by atoms with E-state index in [1.54, 1.807) is 0 Å². The van der Waals surface area contributed by atoms with Crippen molar-refractivity contribution in [2.45, 2.75) is 33.1 Å². The number of carbonyl (C=O) groups excluding carboxylic acids is 1. The number of hydrogen-bond donors (Lipinski definition) is 2. The minimum Gasteiger partial charge on any atom is -0.369 e. The van der Waals surface area contributed by atoms with E-state index in [1.165, 1.54) is 0 Å². The quantitative estimate of drug-likeness (QED) is 0.612. The molecule has 1 amide bonds. The van der Waals surface area contributed by atoms with Gasteiger partial charge in [-0.2, -0.15) is 12.6 Å². The first-order valence-corrected chi connectivity index (χ1v) is 4.67. The highest BCUT2D eigenvalue weighted by molar-refractivity contribution is 7.80. The summed E-state index contributed by atoms with van der Waals surface area (Å²) in [4.78, 5) is 11.1. The molecule has 2 nitrogen and oxygen atoms in total. The van der Waals surface area contributed by atoms with Crippen LogP contribution in [-0.2, 0) is 4.79 Å². The fraction of sp³-hybridized carbons (Fsp3) is 0.875. The molecule has 0 aromatic heterocycles. The summed E-state index contributed by atoms with van der Waals surface area (Å²) in [5.74, 6) is 0.543. The van der Waals surface area contributed by atoms with E-state index in [0.29, 0.717) is 0 Å². The van der Waals surface area contributed by atoms with Crippen LogP contribution in [0, 0.1) is 5.41 Å². The molecule has 0 saturated heterocycles. The SMILES string of the molecule is CCC(CC)(CCS)C(N)=O. The van der Waals surface area contributed by atoms with Crippen molar-refractivity contribution in [1.82, 2.24) is 0 Å². The summed E-state index contributed by atoms with van der Waals surface area (Å²) in [5.41, 5.74) is 5.00. The van der Waals surface area contributed by atoms with Gasteiger partial charge in [0, 0.05) is 5.41 Å². The zero-order valence-corrected chi connectivity index (χ0v) is 8.16. The van der Waals surface area contributed by atoms with E-state index < -0.39 is 0 Å². The third-order valence-corrected chi connectivity index (χ3v) is 2.69. The smallest absolute Gasteiger partial charge is 0.223 e. The molecule has 0 aromatic rings. The van der Waals surface area contributed by atoms with Gasteiger partial charge in [0.05, 0.1) is 0 Å². The predicted molar refractivity (Wildman–Crippen MR) is 50.7 cm³/mol. The Morgan fingerprint density at radius 1 is 1.45 bits per heavy atom. The Bertz CT molecular complexity index is 132. The molecule has 0 saturated carbocycles. The second-order valence-electron chi connectivity index (χ2n) is 2.83. The molecule has 0 atom stereocenters. The maximum Gasteiger partial charge on any atom is 0.223 e. The maximum atomic E-state index is 11.1. The van der Waals surface area contributed by atoms with Crippen molar-refractivity contribution in [3.05, 3.63) is 0 Å². The van der Waals surface area contributed by atoms with Crippen molar-refractivity contribution in [1.29, 1.82) is 0 Å². The standard InChI is InChI=1S/C8H17NOS/c1-3-8(4-2,5-6-11)7(9)10/h11H,3-6H2,1-2H3,(H2,9,10). The highest BCUT2D eigenvalue weighted by Gasteiger charge is 2.31. The second kappa shape index (κ2) is 4.65. The maximum absolute atomic E-state index is 11.1.